The lowest BCUT2D eigenvalue weighted by Crippen LogP contribution is -2.41. The highest BCUT2D eigenvalue weighted by atomic mass is 127. The van der Waals surface area contributed by atoms with Crippen molar-refractivity contribution in [2.45, 2.75) is 44.3 Å². The Bertz CT molecular complexity index is 519. The van der Waals surface area contributed by atoms with E-state index >= 15 is 0 Å². The number of hydrogen-bond acceptors (Lipinski definition) is 5. The van der Waals surface area contributed by atoms with Gasteiger partial charge in [-0.05, 0) is 32.4 Å². The molecule has 1 aromatic rings. The third-order valence-electron chi connectivity index (χ3n) is 4.29. The van der Waals surface area contributed by atoms with E-state index in [1.54, 1.807) is 0 Å². The van der Waals surface area contributed by atoms with Gasteiger partial charge in [-0.1, -0.05) is 6.92 Å². The summed E-state index contributed by atoms with van der Waals surface area (Å²) in [5.74, 6) is 0.907. The third-order valence-corrected chi connectivity index (χ3v) is 6.89. The fourth-order valence-electron chi connectivity index (χ4n) is 2.65. The molecule has 2 rings (SSSR count). The molecule has 1 aliphatic rings. The lowest BCUT2D eigenvalue weighted by molar-refractivity contribution is 0.0794. The molecule has 1 saturated heterocycles. The average molecular weight is 499 g/mol. The highest BCUT2D eigenvalue weighted by Gasteiger charge is 2.31. The van der Waals surface area contributed by atoms with E-state index in [0.29, 0.717) is 0 Å². The SMILES string of the molecule is CCNC(=NCC1(SC)CCOCC1)NCCc1ncc(CC)s1.I. The third kappa shape index (κ3) is 7.60. The molecule has 0 radical (unpaired) electrons. The minimum atomic E-state index is 0. The van der Waals surface area contributed by atoms with E-state index in [-0.39, 0.29) is 28.7 Å². The molecule has 0 aromatic carbocycles. The number of hydrogen-bond donors (Lipinski definition) is 2. The van der Waals surface area contributed by atoms with E-state index in [0.717, 1.165) is 64.5 Å². The van der Waals surface area contributed by atoms with Gasteiger partial charge in [0.15, 0.2) is 5.96 Å². The zero-order valence-corrected chi connectivity index (χ0v) is 19.4. The standard InChI is InChI=1S/C17H30N4OS2.HI/c1-4-14-12-20-15(24-14)6-9-19-16(18-5-2)21-13-17(23-3)7-10-22-11-8-17;/h12H,4-11,13H2,1-3H3,(H2,18,19,21);1H. The van der Waals surface area contributed by atoms with Crippen molar-refractivity contribution in [3.05, 3.63) is 16.1 Å². The number of aryl methyl sites for hydroxylation is 1. The first-order valence-electron chi connectivity index (χ1n) is 8.80. The highest BCUT2D eigenvalue weighted by Crippen LogP contribution is 2.33. The van der Waals surface area contributed by atoms with Gasteiger partial charge in [-0.3, -0.25) is 4.99 Å². The number of aromatic nitrogens is 1. The Labute approximate surface area is 177 Å². The number of halogens is 1. The van der Waals surface area contributed by atoms with E-state index in [9.17, 15) is 0 Å². The van der Waals surface area contributed by atoms with Gasteiger partial charge in [0.05, 0.1) is 11.6 Å². The van der Waals surface area contributed by atoms with Gasteiger partial charge in [0.25, 0.3) is 0 Å². The van der Waals surface area contributed by atoms with E-state index in [4.69, 9.17) is 9.73 Å². The second kappa shape index (κ2) is 12.3. The molecule has 0 saturated carbocycles. The number of thiazole rings is 1. The molecule has 5 nitrogen and oxygen atoms in total. The van der Waals surface area contributed by atoms with E-state index in [1.807, 2.05) is 29.3 Å². The van der Waals surface area contributed by atoms with Gasteiger partial charge < -0.3 is 15.4 Å². The molecule has 2 heterocycles. The van der Waals surface area contributed by atoms with Crippen LogP contribution in [0, 0.1) is 0 Å². The first-order chi connectivity index (χ1) is 11.7. The van der Waals surface area contributed by atoms with Crippen LogP contribution in [0.2, 0.25) is 0 Å². The van der Waals surface area contributed by atoms with Crippen LogP contribution in [0.1, 0.15) is 36.6 Å². The number of thioether (sulfide) groups is 1. The summed E-state index contributed by atoms with van der Waals surface area (Å²) in [5.41, 5.74) is 0. The number of ether oxygens (including phenoxy) is 1. The molecule has 2 N–H and O–H groups in total. The van der Waals surface area contributed by atoms with E-state index in [1.165, 1.54) is 9.88 Å². The predicted octanol–water partition coefficient (Wildman–Crippen LogP) is 3.33. The molecule has 0 atom stereocenters. The molecule has 1 fully saturated rings. The molecule has 8 heteroatoms. The van der Waals surface area contributed by atoms with Gasteiger partial charge in [-0.25, -0.2) is 4.98 Å². The Balaban J connectivity index is 0.00000312. The quantitative estimate of drug-likeness (QED) is 0.327. The zero-order valence-electron chi connectivity index (χ0n) is 15.5. The Morgan fingerprint density at radius 1 is 1.36 bits per heavy atom. The van der Waals surface area contributed by atoms with Crippen LogP contribution in [0.3, 0.4) is 0 Å². The molecular formula is C17H31IN4OS2. The summed E-state index contributed by atoms with van der Waals surface area (Å²) >= 11 is 3.74. The van der Waals surface area contributed by atoms with Crippen molar-refractivity contribution in [1.29, 1.82) is 0 Å². The fourth-order valence-corrected chi connectivity index (χ4v) is 4.28. The van der Waals surface area contributed by atoms with Crippen LogP contribution in [0.4, 0.5) is 0 Å². The second-order valence-corrected chi connectivity index (χ2v) is 8.42. The normalized spacial score (nSPS) is 17.0. The van der Waals surface area contributed by atoms with Crippen molar-refractivity contribution in [3.63, 3.8) is 0 Å². The maximum atomic E-state index is 5.51. The van der Waals surface area contributed by atoms with Gasteiger partial charge in [0.1, 0.15) is 0 Å². The molecule has 1 aliphatic heterocycles. The summed E-state index contributed by atoms with van der Waals surface area (Å²) in [6, 6.07) is 0. The van der Waals surface area contributed by atoms with Gasteiger partial charge in [-0.2, -0.15) is 11.8 Å². The van der Waals surface area contributed by atoms with Crippen molar-refractivity contribution in [2.24, 2.45) is 4.99 Å². The number of aliphatic imine (C=N–C) groups is 1. The smallest absolute Gasteiger partial charge is 0.191 e. The summed E-state index contributed by atoms with van der Waals surface area (Å²) < 4.78 is 5.74. The van der Waals surface area contributed by atoms with Crippen molar-refractivity contribution in [3.8, 4) is 0 Å². The van der Waals surface area contributed by atoms with Crippen LogP contribution >= 0.6 is 47.1 Å². The highest BCUT2D eigenvalue weighted by molar-refractivity contribution is 14.0. The summed E-state index contributed by atoms with van der Waals surface area (Å²) in [5, 5.41) is 7.98. The molecule has 0 unspecified atom stereocenters. The summed E-state index contributed by atoms with van der Waals surface area (Å²) in [6.45, 7) is 8.54. The van der Waals surface area contributed by atoms with Gasteiger partial charge in [0, 0.05) is 48.5 Å². The van der Waals surface area contributed by atoms with Gasteiger partial charge >= 0.3 is 0 Å². The summed E-state index contributed by atoms with van der Waals surface area (Å²) in [7, 11) is 0. The number of guanidine groups is 1. The van der Waals surface area contributed by atoms with E-state index < -0.39 is 0 Å². The van der Waals surface area contributed by atoms with Crippen LogP contribution in [-0.2, 0) is 17.6 Å². The Morgan fingerprint density at radius 3 is 2.72 bits per heavy atom. The Kier molecular flexibility index (Phi) is 11.4. The minimum Gasteiger partial charge on any atom is -0.381 e. The molecule has 0 spiro atoms. The largest absolute Gasteiger partial charge is 0.381 e. The van der Waals surface area contributed by atoms with Crippen molar-refractivity contribution in [1.82, 2.24) is 15.6 Å². The topological polar surface area (TPSA) is 58.5 Å². The predicted molar refractivity (Wildman–Crippen MR) is 121 cm³/mol. The Morgan fingerprint density at radius 2 is 2.12 bits per heavy atom. The van der Waals surface area contributed by atoms with Crippen LogP contribution in [-0.4, -0.2) is 54.8 Å². The monoisotopic (exact) mass is 498 g/mol. The van der Waals surface area contributed by atoms with Crippen molar-refractivity contribution in [2.75, 3.05) is 39.1 Å². The number of nitrogens with zero attached hydrogens (tertiary/aromatic N) is 2. The first kappa shape index (κ1) is 23.0. The van der Waals surface area contributed by atoms with Crippen LogP contribution in [0.25, 0.3) is 0 Å². The molecule has 0 aliphatic carbocycles. The lowest BCUT2D eigenvalue weighted by Gasteiger charge is -2.34. The zero-order chi connectivity index (χ0) is 17.3. The number of rotatable bonds is 8. The fraction of sp³-hybridized carbons (Fsp3) is 0.765. The van der Waals surface area contributed by atoms with Gasteiger partial charge in [0.2, 0.25) is 0 Å². The minimum absolute atomic E-state index is 0. The van der Waals surface area contributed by atoms with Crippen LogP contribution < -0.4 is 10.6 Å². The maximum Gasteiger partial charge on any atom is 0.191 e. The molecule has 1 aromatic heterocycles. The average Bonchev–Trinajstić information content (AvgIpc) is 3.08. The van der Waals surface area contributed by atoms with E-state index in [2.05, 4.69) is 35.7 Å². The van der Waals surface area contributed by atoms with Crippen molar-refractivity contribution >= 4 is 53.0 Å². The van der Waals surface area contributed by atoms with Crippen LogP contribution in [0.5, 0.6) is 0 Å². The second-order valence-electron chi connectivity index (χ2n) is 5.95. The van der Waals surface area contributed by atoms with Crippen LogP contribution in [0.15, 0.2) is 11.2 Å². The molecular weight excluding hydrogens is 467 g/mol. The summed E-state index contributed by atoms with van der Waals surface area (Å²) in [6.07, 6.45) is 8.35. The molecule has 0 amide bonds. The van der Waals surface area contributed by atoms with Crippen molar-refractivity contribution < 1.29 is 4.74 Å². The maximum absolute atomic E-state index is 5.51. The lowest BCUT2D eigenvalue weighted by atomic mass is 9.99. The summed E-state index contributed by atoms with van der Waals surface area (Å²) in [4.78, 5) is 10.7. The first-order valence-corrected chi connectivity index (χ1v) is 10.8. The number of nitrogens with one attached hydrogen (secondary N) is 2. The molecule has 144 valence electrons. The Hall–Kier alpha value is -0.0600. The molecule has 0 bridgehead atoms. The molecule has 25 heavy (non-hydrogen) atoms. The van der Waals surface area contributed by atoms with Gasteiger partial charge in [-0.15, -0.1) is 35.3 Å².